The van der Waals surface area contributed by atoms with E-state index in [1.807, 2.05) is 0 Å². The van der Waals surface area contributed by atoms with Gasteiger partial charge in [0.25, 0.3) is 0 Å². The molecule has 0 saturated heterocycles. The molecule has 5 nitrogen and oxygen atoms in total. The van der Waals surface area contributed by atoms with E-state index < -0.39 is 0 Å². The van der Waals surface area contributed by atoms with E-state index in [-0.39, 0.29) is 11.6 Å². The van der Waals surface area contributed by atoms with Crippen molar-refractivity contribution in [2.75, 3.05) is 13.2 Å². The Morgan fingerprint density at radius 2 is 2.15 bits per heavy atom. The van der Waals surface area contributed by atoms with Crippen LogP contribution in [0.1, 0.15) is 26.2 Å². The van der Waals surface area contributed by atoms with Crippen LogP contribution in [-0.2, 0) is 9.53 Å². The summed E-state index contributed by atoms with van der Waals surface area (Å²) in [7, 11) is 0. The van der Waals surface area contributed by atoms with Crippen molar-refractivity contribution in [3.8, 4) is 0 Å². The monoisotopic (exact) mass is 185 g/mol. The van der Waals surface area contributed by atoms with Crippen molar-refractivity contribution < 1.29 is 9.53 Å². The molecule has 0 unspecified atom stereocenters. The maximum Gasteiger partial charge on any atom is 0.305 e. The molecule has 5 heteroatoms. The van der Waals surface area contributed by atoms with Gasteiger partial charge in [0, 0.05) is 19.3 Å². The molecule has 1 aliphatic heterocycles. The van der Waals surface area contributed by atoms with Gasteiger partial charge in [-0.15, -0.1) is 0 Å². The van der Waals surface area contributed by atoms with Crippen molar-refractivity contribution in [2.24, 2.45) is 16.0 Å². The normalized spacial score (nSPS) is 17.1. The fourth-order valence-electron chi connectivity index (χ4n) is 1.16. The summed E-state index contributed by atoms with van der Waals surface area (Å²) in [6, 6.07) is 0. The third-order valence-electron chi connectivity index (χ3n) is 1.96. The molecule has 0 aliphatic carbocycles. The lowest BCUT2D eigenvalue weighted by Crippen LogP contribution is -2.18. The second-order valence-electron chi connectivity index (χ2n) is 3.03. The molecule has 0 aromatic heterocycles. The average molecular weight is 185 g/mol. The van der Waals surface area contributed by atoms with Crippen molar-refractivity contribution in [1.82, 2.24) is 0 Å². The molecule has 1 rings (SSSR count). The molecule has 0 aromatic rings. The molecule has 74 valence electrons. The van der Waals surface area contributed by atoms with Crippen LogP contribution in [-0.4, -0.2) is 24.8 Å². The highest BCUT2D eigenvalue weighted by Gasteiger charge is 2.39. The topological polar surface area (TPSA) is 77.0 Å². The molecule has 0 spiro atoms. The first-order valence-electron chi connectivity index (χ1n) is 4.52. The quantitative estimate of drug-likeness (QED) is 0.623. The second kappa shape index (κ2) is 4.32. The third kappa shape index (κ3) is 3.10. The number of carbonyl (C=O) groups is 1. The first-order chi connectivity index (χ1) is 6.22. The smallest absolute Gasteiger partial charge is 0.305 e. The molecule has 0 saturated carbocycles. The van der Waals surface area contributed by atoms with Crippen molar-refractivity contribution in [2.45, 2.75) is 31.8 Å². The number of hydrogen-bond donors (Lipinski definition) is 1. The number of esters is 1. The molecule has 13 heavy (non-hydrogen) atoms. The van der Waals surface area contributed by atoms with Crippen molar-refractivity contribution in [1.29, 1.82) is 0 Å². The molecule has 1 heterocycles. The van der Waals surface area contributed by atoms with Crippen LogP contribution in [0.3, 0.4) is 0 Å². The summed E-state index contributed by atoms with van der Waals surface area (Å²) < 4.78 is 4.79. The highest BCUT2D eigenvalue weighted by atomic mass is 16.5. The van der Waals surface area contributed by atoms with E-state index in [0.29, 0.717) is 26.0 Å². The lowest BCUT2D eigenvalue weighted by atomic mass is 10.0. The molecule has 0 radical (unpaired) electrons. The minimum atomic E-state index is -0.346. The highest BCUT2D eigenvalue weighted by molar-refractivity contribution is 5.69. The standard InChI is InChI=1S/C8H15N3O2/c1-2-13-7(12)3-4-8(5-6-9)10-11-8/h2-6,9H2,1H3. The zero-order valence-electron chi connectivity index (χ0n) is 7.82. The number of nitrogens with zero attached hydrogens (tertiary/aromatic N) is 2. The van der Waals surface area contributed by atoms with E-state index in [4.69, 9.17) is 10.5 Å². The number of nitrogens with two attached hydrogens (primary N) is 1. The minimum Gasteiger partial charge on any atom is -0.466 e. The van der Waals surface area contributed by atoms with Crippen molar-refractivity contribution in [3.63, 3.8) is 0 Å². The zero-order valence-corrected chi connectivity index (χ0v) is 7.82. The zero-order chi connectivity index (χ0) is 9.73. The summed E-state index contributed by atoms with van der Waals surface area (Å²) in [5.41, 5.74) is 5.04. The number of rotatable bonds is 6. The first kappa shape index (κ1) is 10.1. The summed E-state index contributed by atoms with van der Waals surface area (Å²) in [6.45, 7) is 2.77. The van der Waals surface area contributed by atoms with Gasteiger partial charge in [-0.25, -0.2) is 0 Å². The summed E-state index contributed by atoms with van der Waals surface area (Å²) in [6.07, 6.45) is 1.73. The van der Waals surface area contributed by atoms with Gasteiger partial charge in [0.1, 0.15) is 0 Å². The number of hydrogen-bond acceptors (Lipinski definition) is 5. The van der Waals surface area contributed by atoms with Gasteiger partial charge in [-0.2, -0.15) is 10.2 Å². The van der Waals surface area contributed by atoms with E-state index >= 15 is 0 Å². The van der Waals surface area contributed by atoms with E-state index in [2.05, 4.69) is 10.2 Å². The Morgan fingerprint density at radius 1 is 1.46 bits per heavy atom. The summed E-state index contributed by atoms with van der Waals surface area (Å²) in [5.74, 6) is -0.184. The Bertz CT molecular complexity index is 209. The van der Waals surface area contributed by atoms with Crippen molar-refractivity contribution >= 4 is 5.97 Å². The minimum absolute atomic E-state index is 0.184. The lowest BCUT2D eigenvalue weighted by Gasteiger charge is -2.07. The van der Waals surface area contributed by atoms with Crippen LogP contribution >= 0.6 is 0 Å². The largest absolute Gasteiger partial charge is 0.466 e. The van der Waals surface area contributed by atoms with Gasteiger partial charge < -0.3 is 10.5 Å². The molecule has 0 amide bonds. The fourth-order valence-corrected chi connectivity index (χ4v) is 1.16. The van der Waals surface area contributed by atoms with Crippen LogP contribution in [0.5, 0.6) is 0 Å². The Hall–Kier alpha value is -0.970. The fraction of sp³-hybridized carbons (Fsp3) is 0.875. The summed E-state index contributed by atoms with van der Waals surface area (Å²) >= 11 is 0. The van der Waals surface area contributed by atoms with Gasteiger partial charge >= 0.3 is 5.97 Å². The molecule has 0 fully saturated rings. The van der Waals surface area contributed by atoms with Gasteiger partial charge in [-0.3, -0.25) is 4.79 Å². The van der Waals surface area contributed by atoms with Crippen LogP contribution in [0.15, 0.2) is 10.2 Å². The van der Waals surface area contributed by atoms with Crippen LogP contribution in [0.4, 0.5) is 0 Å². The van der Waals surface area contributed by atoms with Crippen LogP contribution in [0.25, 0.3) is 0 Å². The molecule has 1 aliphatic rings. The molecule has 2 N–H and O–H groups in total. The second-order valence-corrected chi connectivity index (χ2v) is 3.03. The van der Waals surface area contributed by atoms with Gasteiger partial charge in [-0.1, -0.05) is 0 Å². The van der Waals surface area contributed by atoms with Gasteiger partial charge in [0.05, 0.1) is 6.61 Å². The van der Waals surface area contributed by atoms with Crippen LogP contribution < -0.4 is 5.73 Å². The third-order valence-corrected chi connectivity index (χ3v) is 1.96. The first-order valence-corrected chi connectivity index (χ1v) is 4.52. The van der Waals surface area contributed by atoms with Crippen molar-refractivity contribution in [3.05, 3.63) is 0 Å². The average Bonchev–Trinajstić information content (AvgIpc) is 2.84. The maximum atomic E-state index is 11.0. The summed E-state index contributed by atoms with van der Waals surface area (Å²) in [4.78, 5) is 11.0. The SMILES string of the molecule is CCOC(=O)CCC1(CCN)N=N1. The van der Waals surface area contributed by atoms with Crippen LogP contribution in [0, 0.1) is 0 Å². The maximum absolute atomic E-state index is 11.0. The Morgan fingerprint density at radius 3 is 2.62 bits per heavy atom. The van der Waals surface area contributed by atoms with Crippen LogP contribution in [0.2, 0.25) is 0 Å². The number of ether oxygens (including phenoxy) is 1. The highest BCUT2D eigenvalue weighted by Crippen LogP contribution is 2.36. The van der Waals surface area contributed by atoms with Gasteiger partial charge in [0.15, 0.2) is 5.66 Å². The van der Waals surface area contributed by atoms with E-state index in [1.165, 1.54) is 0 Å². The van der Waals surface area contributed by atoms with Gasteiger partial charge in [0.2, 0.25) is 0 Å². The molecular formula is C8H15N3O2. The van der Waals surface area contributed by atoms with E-state index in [0.717, 1.165) is 6.42 Å². The van der Waals surface area contributed by atoms with Gasteiger partial charge in [-0.05, 0) is 13.5 Å². The lowest BCUT2D eigenvalue weighted by molar-refractivity contribution is -0.143. The van der Waals surface area contributed by atoms with E-state index in [1.54, 1.807) is 6.92 Å². The summed E-state index contributed by atoms with van der Waals surface area (Å²) in [5, 5.41) is 7.79. The Balaban J connectivity index is 2.15. The van der Waals surface area contributed by atoms with E-state index in [9.17, 15) is 4.79 Å². The molecule has 0 bridgehead atoms. The predicted octanol–water partition coefficient (Wildman–Crippen LogP) is 0.841. The Kier molecular flexibility index (Phi) is 3.36. The molecule has 0 aromatic carbocycles. The number of carbonyl (C=O) groups excluding carboxylic acids is 1. The predicted molar refractivity (Wildman–Crippen MR) is 47.1 cm³/mol. The Labute approximate surface area is 77.3 Å². The molecular weight excluding hydrogens is 170 g/mol. The molecule has 0 atom stereocenters.